The number of hydrogen-bond acceptors (Lipinski definition) is 6. The quantitative estimate of drug-likeness (QED) is 0.371. The molecule has 0 spiro atoms. The number of anilines is 3. The number of rotatable bonds is 6. The third-order valence-corrected chi connectivity index (χ3v) is 7.54. The van der Waals surface area contributed by atoms with Crippen molar-refractivity contribution in [2.45, 2.75) is 50.2 Å². The van der Waals surface area contributed by atoms with Crippen molar-refractivity contribution in [3.63, 3.8) is 0 Å². The molecule has 35 heavy (non-hydrogen) atoms. The van der Waals surface area contributed by atoms with E-state index in [0.29, 0.717) is 17.4 Å². The highest BCUT2D eigenvalue weighted by molar-refractivity contribution is 6.05. The lowest BCUT2D eigenvalue weighted by molar-refractivity contribution is -0.895. The molecule has 2 aliphatic rings. The van der Waals surface area contributed by atoms with Gasteiger partial charge in [0.05, 0.1) is 42.6 Å². The van der Waals surface area contributed by atoms with Crippen molar-refractivity contribution in [1.29, 1.82) is 0 Å². The van der Waals surface area contributed by atoms with Crippen LogP contribution >= 0.6 is 0 Å². The predicted octanol–water partition coefficient (Wildman–Crippen LogP) is 3.20. The summed E-state index contributed by atoms with van der Waals surface area (Å²) in [6.07, 6.45) is 7.85. The normalized spacial score (nSPS) is 22.3. The molecule has 2 saturated carbocycles. The van der Waals surface area contributed by atoms with Crippen LogP contribution in [0.3, 0.4) is 0 Å². The minimum atomic E-state index is -0.480. The molecule has 5 rings (SSSR count). The second-order valence-electron chi connectivity index (χ2n) is 10.5. The van der Waals surface area contributed by atoms with E-state index in [1.807, 2.05) is 42.0 Å². The minimum Gasteiger partial charge on any atom is -0.390 e. The number of amides is 1. The molecule has 0 atom stereocenters. The van der Waals surface area contributed by atoms with Crippen molar-refractivity contribution in [2.75, 3.05) is 43.3 Å². The second kappa shape index (κ2) is 8.71. The van der Waals surface area contributed by atoms with Gasteiger partial charge in [-0.3, -0.25) is 14.4 Å². The second-order valence-corrected chi connectivity index (χ2v) is 10.5. The highest BCUT2D eigenvalue weighted by atomic mass is 16.5. The van der Waals surface area contributed by atoms with Gasteiger partial charge in [-0.1, -0.05) is 0 Å². The number of aromatic nitrogens is 3. The largest absolute Gasteiger partial charge is 0.390 e. The summed E-state index contributed by atoms with van der Waals surface area (Å²) in [4.78, 5) is 16.8. The summed E-state index contributed by atoms with van der Waals surface area (Å²) >= 11 is 0. The highest BCUT2D eigenvalue weighted by Gasteiger charge is 2.45. The van der Waals surface area contributed by atoms with Crippen LogP contribution in [-0.4, -0.2) is 59.8 Å². The molecule has 3 N–H and O–H groups in total. The van der Waals surface area contributed by atoms with Crippen LogP contribution in [0.25, 0.3) is 10.9 Å². The summed E-state index contributed by atoms with van der Waals surface area (Å²) in [5.74, 6) is 0.589. The Morgan fingerprint density at radius 1 is 1.11 bits per heavy atom. The summed E-state index contributed by atoms with van der Waals surface area (Å²) in [6.45, 7) is 0. The molecule has 0 aliphatic heterocycles. The molecule has 2 fully saturated rings. The zero-order valence-electron chi connectivity index (χ0n) is 20.9. The van der Waals surface area contributed by atoms with Crippen LogP contribution in [0.1, 0.15) is 55.1 Å². The van der Waals surface area contributed by atoms with E-state index < -0.39 is 11.5 Å². The maximum absolute atomic E-state index is 13.1. The van der Waals surface area contributed by atoms with Gasteiger partial charge in [0.25, 0.3) is 5.91 Å². The average Bonchev–Trinajstić information content (AvgIpc) is 3.60. The molecule has 3 aromatic rings. The maximum Gasteiger partial charge on any atom is 0.316 e. The van der Waals surface area contributed by atoms with Crippen LogP contribution in [0.15, 0.2) is 36.5 Å². The minimum absolute atomic E-state index is 0.141. The van der Waals surface area contributed by atoms with Crippen LogP contribution in [0.4, 0.5) is 17.2 Å². The van der Waals surface area contributed by atoms with Crippen LogP contribution in [0, 0.1) is 5.92 Å². The van der Waals surface area contributed by atoms with Gasteiger partial charge in [-0.05, 0) is 73.4 Å². The van der Waals surface area contributed by atoms with E-state index in [9.17, 15) is 15.1 Å². The van der Waals surface area contributed by atoms with Crippen LogP contribution in [0.2, 0.25) is 0 Å². The lowest BCUT2D eigenvalue weighted by atomic mass is 9.79. The first-order valence-electron chi connectivity index (χ1n) is 12.3. The van der Waals surface area contributed by atoms with Crippen molar-refractivity contribution < 1.29 is 19.8 Å². The number of nitrogens with zero attached hydrogens (tertiary/aromatic N) is 5. The number of benzene rings is 1. The number of nitrogens with one attached hydrogen (secondary N) is 1. The van der Waals surface area contributed by atoms with E-state index in [-0.39, 0.29) is 11.7 Å². The molecule has 0 saturated heterocycles. The topological polar surface area (TPSA) is 97.7 Å². The summed E-state index contributed by atoms with van der Waals surface area (Å²) < 4.78 is 2.93. The lowest BCUT2D eigenvalue weighted by Gasteiger charge is -2.36. The Morgan fingerprint density at radius 3 is 2.46 bits per heavy atom. The third kappa shape index (κ3) is 4.40. The van der Waals surface area contributed by atoms with E-state index in [2.05, 4.69) is 5.32 Å². The Balaban J connectivity index is 1.41. The van der Waals surface area contributed by atoms with Gasteiger partial charge in [0.1, 0.15) is 0 Å². The molecule has 1 amide bonds. The molecule has 0 unspecified atom stereocenters. The standard InChI is InChI=1S/C26H34N6O3/c1-29(2)23-15-20-17(16-31(28-20)19-10-12-26(34,13-11-19)18-8-9-18)14-21(23)27-25(33)22-6-5-7-24(30(3)4)32(22)35/h5-7,14-16,18-19,34H,8-13H2,1-4H3,(H-,27,33,35)/p+1/t19-,26-. The van der Waals surface area contributed by atoms with Gasteiger partial charge >= 0.3 is 5.82 Å². The zero-order chi connectivity index (χ0) is 24.9. The van der Waals surface area contributed by atoms with E-state index in [1.165, 1.54) is 0 Å². The molecule has 186 valence electrons. The molecule has 9 heteroatoms. The number of pyridine rings is 1. The summed E-state index contributed by atoms with van der Waals surface area (Å²) in [6, 6.07) is 9.25. The van der Waals surface area contributed by atoms with Crippen molar-refractivity contribution >= 4 is 34.0 Å². The highest BCUT2D eigenvalue weighted by Crippen LogP contribution is 2.49. The summed E-state index contributed by atoms with van der Waals surface area (Å²) in [5.41, 5.74) is 2.00. The average molecular weight is 480 g/mol. The van der Waals surface area contributed by atoms with Gasteiger partial charge in [-0.2, -0.15) is 5.10 Å². The van der Waals surface area contributed by atoms with E-state index in [1.54, 1.807) is 37.2 Å². The Kier molecular flexibility index (Phi) is 5.83. The molecule has 2 aromatic heterocycles. The SMILES string of the molecule is CN(C)c1cc2nn([C@H]3CC[C@@](O)(C4CC4)CC3)cc2cc1NC(=O)c1cccc(N(C)C)[n+]1O. The molecule has 9 nitrogen and oxygen atoms in total. The molecule has 0 radical (unpaired) electrons. The maximum atomic E-state index is 13.1. The van der Waals surface area contributed by atoms with E-state index in [0.717, 1.165) is 59.8 Å². The Hall–Kier alpha value is -3.33. The molecule has 0 bridgehead atoms. The monoisotopic (exact) mass is 479 g/mol. The first-order valence-corrected chi connectivity index (χ1v) is 12.3. The van der Waals surface area contributed by atoms with Gasteiger partial charge < -0.3 is 20.5 Å². The lowest BCUT2D eigenvalue weighted by Crippen LogP contribution is -2.44. The Bertz CT molecular complexity index is 1260. The Labute approximate surface area is 205 Å². The van der Waals surface area contributed by atoms with Gasteiger partial charge in [-0.25, -0.2) is 0 Å². The summed E-state index contributed by atoms with van der Waals surface area (Å²) in [7, 11) is 7.45. The van der Waals surface area contributed by atoms with Crippen LogP contribution in [-0.2, 0) is 0 Å². The molecular formula is C26H35N6O3+. The molecule has 2 heterocycles. The Morgan fingerprint density at radius 2 is 1.83 bits per heavy atom. The van der Waals surface area contributed by atoms with Crippen LogP contribution < -0.4 is 19.8 Å². The van der Waals surface area contributed by atoms with Crippen molar-refractivity contribution in [1.82, 2.24) is 9.78 Å². The fourth-order valence-electron chi connectivity index (χ4n) is 5.32. The fraction of sp³-hybridized carbons (Fsp3) is 0.500. The number of hydrogen-bond donors (Lipinski definition) is 3. The number of carbonyl (C=O) groups excluding carboxylic acids is 1. The van der Waals surface area contributed by atoms with Crippen LogP contribution in [0.5, 0.6) is 0 Å². The number of aliphatic hydroxyl groups is 1. The van der Waals surface area contributed by atoms with Gasteiger partial charge in [0, 0.05) is 31.7 Å². The van der Waals surface area contributed by atoms with Crippen molar-refractivity contribution in [3.05, 3.63) is 42.2 Å². The zero-order valence-corrected chi connectivity index (χ0v) is 20.9. The van der Waals surface area contributed by atoms with Gasteiger partial charge in [-0.15, -0.1) is 0 Å². The van der Waals surface area contributed by atoms with Gasteiger partial charge in [0.2, 0.25) is 5.69 Å². The van der Waals surface area contributed by atoms with Crippen molar-refractivity contribution in [2.24, 2.45) is 5.92 Å². The molecular weight excluding hydrogens is 444 g/mol. The number of fused-ring (bicyclic) bond motifs is 1. The third-order valence-electron chi connectivity index (χ3n) is 7.54. The van der Waals surface area contributed by atoms with E-state index in [4.69, 9.17) is 5.10 Å². The first kappa shape index (κ1) is 23.4. The van der Waals surface area contributed by atoms with Crippen molar-refractivity contribution in [3.8, 4) is 0 Å². The summed E-state index contributed by atoms with van der Waals surface area (Å²) in [5, 5.41) is 30.2. The van der Waals surface area contributed by atoms with Gasteiger partial charge in [0.15, 0.2) is 0 Å². The number of carbonyl (C=O) groups is 1. The first-order chi connectivity index (χ1) is 16.7. The van der Waals surface area contributed by atoms with E-state index >= 15 is 0 Å². The molecule has 2 aliphatic carbocycles. The fourth-order valence-corrected chi connectivity index (χ4v) is 5.32. The molecule has 1 aromatic carbocycles. The predicted molar refractivity (Wildman–Crippen MR) is 135 cm³/mol. The smallest absolute Gasteiger partial charge is 0.316 e.